The molecular weight excluding hydrogens is 248 g/mol. The maximum absolute atomic E-state index is 10.8. The first kappa shape index (κ1) is 13.4. The van der Waals surface area contributed by atoms with E-state index >= 15 is 0 Å². The van der Waals surface area contributed by atoms with E-state index in [0.717, 1.165) is 31.0 Å². The van der Waals surface area contributed by atoms with Gasteiger partial charge in [0.05, 0.1) is 4.92 Å². The van der Waals surface area contributed by atoms with E-state index in [9.17, 15) is 10.1 Å². The molecule has 1 heterocycles. The Balaban J connectivity index is 1.77. The van der Waals surface area contributed by atoms with Crippen molar-refractivity contribution in [1.29, 1.82) is 0 Å². The van der Waals surface area contributed by atoms with Crippen LogP contribution in [0, 0.1) is 16.0 Å². The van der Waals surface area contributed by atoms with E-state index in [1.54, 1.807) is 12.1 Å². The fourth-order valence-corrected chi connectivity index (χ4v) is 3.46. The molecule has 1 unspecified atom stereocenters. The molecule has 98 valence electrons. The molecule has 0 spiro atoms. The molecular formula is C13H18N2O2S. The van der Waals surface area contributed by atoms with E-state index in [-0.39, 0.29) is 10.6 Å². The molecule has 1 aliphatic heterocycles. The molecule has 1 aromatic carbocycles. The zero-order valence-corrected chi connectivity index (χ0v) is 11.1. The van der Waals surface area contributed by atoms with Crippen molar-refractivity contribution >= 4 is 17.4 Å². The first-order chi connectivity index (χ1) is 8.77. The summed E-state index contributed by atoms with van der Waals surface area (Å²) in [4.78, 5) is 10.5. The van der Waals surface area contributed by atoms with Gasteiger partial charge in [-0.15, -0.1) is 0 Å². The third-order valence-electron chi connectivity index (χ3n) is 3.22. The second-order valence-electron chi connectivity index (χ2n) is 4.57. The lowest BCUT2D eigenvalue weighted by Gasteiger charge is -2.09. The highest BCUT2D eigenvalue weighted by atomic mass is 32.2. The Morgan fingerprint density at radius 2 is 2.28 bits per heavy atom. The van der Waals surface area contributed by atoms with Crippen molar-refractivity contribution in [3.63, 3.8) is 0 Å². The Hall–Kier alpha value is -1.07. The highest BCUT2D eigenvalue weighted by molar-refractivity contribution is 7.99. The summed E-state index contributed by atoms with van der Waals surface area (Å²) in [5.74, 6) is 3.30. The van der Waals surface area contributed by atoms with Crippen molar-refractivity contribution in [2.75, 3.05) is 24.6 Å². The Kier molecular flexibility index (Phi) is 5.01. The predicted molar refractivity (Wildman–Crippen MR) is 75.1 cm³/mol. The van der Waals surface area contributed by atoms with Gasteiger partial charge in [-0.05, 0) is 43.4 Å². The molecule has 0 bridgehead atoms. The second kappa shape index (κ2) is 6.75. The van der Waals surface area contributed by atoms with Crippen LogP contribution >= 0.6 is 11.8 Å². The summed E-state index contributed by atoms with van der Waals surface area (Å²) in [5.41, 5.74) is 1.05. The number of hydrogen-bond donors (Lipinski definition) is 1. The summed E-state index contributed by atoms with van der Waals surface area (Å²) in [6, 6.07) is 6.98. The summed E-state index contributed by atoms with van der Waals surface area (Å²) in [6.07, 6.45) is 2.01. The molecule has 0 radical (unpaired) electrons. The normalized spacial score (nSPS) is 19.0. The Morgan fingerprint density at radius 1 is 1.44 bits per heavy atom. The zero-order valence-electron chi connectivity index (χ0n) is 10.3. The van der Waals surface area contributed by atoms with Crippen LogP contribution in [0.25, 0.3) is 0 Å². The largest absolute Gasteiger partial charge is 0.316 e. The summed E-state index contributed by atoms with van der Waals surface area (Å²) >= 11 is 2.01. The molecule has 0 amide bonds. The second-order valence-corrected chi connectivity index (χ2v) is 5.72. The van der Waals surface area contributed by atoms with Crippen molar-refractivity contribution in [1.82, 2.24) is 5.32 Å². The number of thioether (sulfide) groups is 1. The molecule has 1 aliphatic rings. The van der Waals surface area contributed by atoms with Gasteiger partial charge in [0, 0.05) is 11.6 Å². The lowest BCUT2D eigenvalue weighted by molar-refractivity contribution is -0.385. The smallest absolute Gasteiger partial charge is 0.272 e. The van der Waals surface area contributed by atoms with Gasteiger partial charge in [-0.1, -0.05) is 18.2 Å². The standard InChI is InChI=1S/C13H18N2O2S/c16-15(17)13-4-2-1-3-12(13)5-7-14-9-11-6-8-18-10-11/h1-4,11,14H,5-10H2. The van der Waals surface area contributed by atoms with Crippen LogP contribution in [0.2, 0.25) is 0 Å². The Bertz CT molecular complexity index is 406. The van der Waals surface area contributed by atoms with Gasteiger partial charge >= 0.3 is 0 Å². The first-order valence-corrected chi connectivity index (χ1v) is 7.43. The van der Waals surface area contributed by atoms with Crippen LogP contribution in [0.3, 0.4) is 0 Å². The van der Waals surface area contributed by atoms with Crippen LogP contribution in [0.4, 0.5) is 5.69 Å². The molecule has 1 N–H and O–H groups in total. The van der Waals surface area contributed by atoms with Gasteiger partial charge in [-0.2, -0.15) is 11.8 Å². The average Bonchev–Trinajstić information content (AvgIpc) is 2.88. The van der Waals surface area contributed by atoms with Gasteiger partial charge in [-0.25, -0.2) is 0 Å². The predicted octanol–water partition coefficient (Wildman–Crippen LogP) is 2.48. The Labute approximate surface area is 111 Å². The van der Waals surface area contributed by atoms with Gasteiger partial charge in [-0.3, -0.25) is 10.1 Å². The van der Waals surface area contributed by atoms with Crippen LogP contribution in [-0.2, 0) is 6.42 Å². The third kappa shape index (κ3) is 3.71. The van der Waals surface area contributed by atoms with Crippen molar-refractivity contribution < 1.29 is 4.92 Å². The lowest BCUT2D eigenvalue weighted by atomic mass is 10.1. The molecule has 1 aromatic rings. The van der Waals surface area contributed by atoms with Gasteiger partial charge in [0.2, 0.25) is 0 Å². The fourth-order valence-electron chi connectivity index (χ4n) is 2.17. The highest BCUT2D eigenvalue weighted by Gasteiger charge is 2.15. The van der Waals surface area contributed by atoms with Crippen LogP contribution < -0.4 is 5.32 Å². The number of nitro groups is 1. The summed E-state index contributed by atoms with van der Waals surface area (Å²) in [7, 11) is 0. The molecule has 18 heavy (non-hydrogen) atoms. The monoisotopic (exact) mass is 266 g/mol. The van der Waals surface area contributed by atoms with Crippen LogP contribution in [-0.4, -0.2) is 29.5 Å². The lowest BCUT2D eigenvalue weighted by Crippen LogP contribution is -2.25. The van der Waals surface area contributed by atoms with E-state index in [2.05, 4.69) is 5.32 Å². The Morgan fingerprint density at radius 3 is 3.00 bits per heavy atom. The molecule has 1 atom stereocenters. The SMILES string of the molecule is O=[N+]([O-])c1ccccc1CCNCC1CCSC1. The van der Waals surface area contributed by atoms with Crippen molar-refractivity contribution in [2.24, 2.45) is 5.92 Å². The molecule has 2 rings (SSSR count). The van der Waals surface area contributed by atoms with E-state index in [1.165, 1.54) is 17.9 Å². The molecule has 4 nitrogen and oxygen atoms in total. The van der Waals surface area contributed by atoms with Crippen LogP contribution in [0.1, 0.15) is 12.0 Å². The minimum atomic E-state index is -0.303. The highest BCUT2D eigenvalue weighted by Crippen LogP contribution is 2.22. The number of hydrogen-bond acceptors (Lipinski definition) is 4. The van der Waals surface area contributed by atoms with Crippen LogP contribution in [0.15, 0.2) is 24.3 Å². The molecule has 1 saturated heterocycles. The third-order valence-corrected chi connectivity index (χ3v) is 4.45. The number of benzene rings is 1. The van der Waals surface area contributed by atoms with Crippen LogP contribution in [0.5, 0.6) is 0 Å². The first-order valence-electron chi connectivity index (χ1n) is 6.28. The minimum absolute atomic E-state index is 0.232. The summed E-state index contributed by atoms with van der Waals surface area (Å²) in [5, 5.41) is 14.3. The molecule has 1 fully saturated rings. The van der Waals surface area contributed by atoms with Gasteiger partial charge in [0.15, 0.2) is 0 Å². The number of para-hydroxylation sites is 1. The van der Waals surface area contributed by atoms with Crippen molar-refractivity contribution in [3.8, 4) is 0 Å². The molecule has 0 saturated carbocycles. The number of nitro benzene ring substituents is 1. The fraction of sp³-hybridized carbons (Fsp3) is 0.538. The number of rotatable bonds is 6. The summed E-state index contributed by atoms with van der Waals surface area (Å²) < 4.78 is 0. The topological polar surface area (TPSA) is 55.2 Å². The van der Waals surface area contributed by atoms with Gasteiger partial charge in [0.25, 0.3) is 5.69 Å². The average molecular weight is 266 g/mol. The zero-order chi connectivity index (χ0) is 12.8. The van der Waals surface area contributed by atoms with E-state index in [1.807, 2.05) is 23.9 Å². The number of nitrogens with one attached hydrogen (secondary N) is 1. The summed E-state index contributed by atoms with van der Waals surface area (Å²) in [6.45, 7) is 1.85. The van der Waals surface area contributed by atoms with E-state index in [4.69, 9.17) is 0 Å². The number of nitrogens with zero attached hydrogens (tertiary/aromatic N) is 1. The van der Waals surface area contributed by atoms with E-state index < -0.39 is 0 Å². The molecule has 0 aromatic heterocycles. The van der Waals surface area contributed by atoms with Gasteiger partial charge < -0.3 is 5.32 Å². The van der Waals surface area contributed by atoms with Crippen molar-refractivity contribution in [2.45, 2.75) is 12.8 Å². The van der Waals surface area contributed by atoms with E-state index in [0.29, 0.717) is 0 Å². The maximum Gasteiger partial charge on any atom is 0.272 e. The minimum Gasteiger partial charge on any atom is -0.316 e. The van der Waals surface area contributed by atoms with Gasteiger partial charge in [0.1, 0.15) is 0 Å². The maximum atomic E-state index is 10.8. The molecule has 5 heteroatoms. The molecule has 0 aliphatic carbocycles. The quantitative estimate of drug-likeness (QED) is 0.488. The van der Waals surface area contributed by atoms with Crippen molar-refractivity contribution in [3.05, 3.63) is 39.9 Å².